The average molecular weight is 375 g/mol. The first-order valence-corrected chi connectivity index (χ1v) is 8.28. The van der Waals surface area contributed by atoms with E-state index in [1.807, 2.05) is 12.1 Å². The van der Waals surface area contributed by atoms with Crippen LogP contribution in [0.4, 0.5) is 11.7 Å². The third kappa shape index (κ3) is 3.51. The van der Waals surface area contributed by atoms with Crippen LogP contribution in [0.3, 0.4) is 0 Å². The Bertz CT molecular complexity index is 1130. The molecule has 3 aromatic carbocycles. The Kier molecular flexibility index (Phi) is 4.43. The number of aromatic nitrogens is 1. The van der Waals surface area contributed by atoms with E-state index in [9.17, 15) is 14.9 Å². The first-order valence-electron chi connectivity index (χ1n) is 8.28. The molecule has 0 saturated carbocycles. The quantitative estimate of drug-likeness (QED) is 0.397. The topological polar surface area (TPSA) is 108 Å². The van der Waals surface area contributed by atoms with Gasteiger partial charge in [-0.25, -0.2) is 0 Å². The molecule has 0 saturated heterocycles. The van der Waals surface area contributed by atoms with Gasteiger partial charge >= 0.3 is 6.01 Å². The van der Waals surface area contributed by atoms with Gasteiger partial charge in [0.25, 0.3) is 11.6 Å². The number of anilines is 1. The molecular weight excluding hydrogens is 362 g/mol. The molecular formula is C20H13N3O5. The monoisotopic (exact) mass is 375 g/mol. The summed E-state index contributed by atoms with van der Waals surface area (Å²) in [5.74, 6) is 0.210. The number of carbonyl (C=O) groups excluding carboxylic acids is 1. The highest BCUT2D eigenvalue weighted by Gasteiger charge is 2.16. The highest BCUT2D eigenvalue weighted by atomic mass is 16.6. The summed E-state index contributed by atoms with van der Waals surface area (Å²) < 4.78 is 11.2. The van der Waals surface area contributed by atoms with E-state index in [1.54, 1.807) is 36.4 Å². The Morgan fingerprint density at radius 1 is 1.00 bits per heavy atom. The van der Waals surface area contributed by atoms with Gasteiger partial charge in [-0.15, -0.1) is 0 Å². The minimum atomic E-state index is -0.495. The number of carbonyl (C=O) groups is 1. The maximum absolute atomic E-state index is 12.7. The van der Waals surface area contributed by atoms with Crippen LogP contribution in [-0.4, -0.2) is 15.8 Å². The molecule has 8 heteroatoms. The van der Waals surface area contributed by atoms with E-state index >= 15 is 0 Å². The molecule has 0 aliphatic rings. The number of nitro benzene ring substituents is 1. The number of nitrogens with one attached hydrogen (secondary N) is 1. The Balaban J connectivity index is 1.56. The highest BCUT2D eigenvalue weighted by molar-refractivity contribution is 6.05. The number of nitrogens with zero attached hydrogens (tertiary/aromatic N) is 2. The van der Waals surface area contributed by atoms with Gasteiger partial charge in [0, 0.05) is 12.1 Å². The summed E-state index contributed by atoms with van der Waals surface area (Å²) in [6.45, 7) is 0. The lowest BCUT2D eigenvalue weighted by Gasteiger charge is -2.10. The second-order valence-corrected chi connectivity index (χ2v) is 5.79. The molecule has 4 rings (SSSR count). The predicted octanol–water partition coefficient (Wildman–Crippen LogP) is 4.78. The van der Waals surface area contributed by atoms with E-state index in [1.165, 1.54) is 24.3 Å². The number of oxazole rings is 1. The molecule has 0 spiro atoms. The van der Waals surface area contributed by atoms with Gasteiger partial charge in [-0.05, 0) is 36.4 Å². The molecule has 0 unspecified atom stereocenters. The van der Waals surface area contributed by atoms with Crippen LogP contribution in [0.15, 0.2) is 77.2 Å². The van der Waals surface area contributed by atoms with Crippen molar-refractivity contribution in [2.75, 3.05) is 5.32 Å². The molecule has 1 aromatic heterocycles. The lowest BCUT2D eigenvalue weighted by molar-refractivity contribution is -0.384. The zero-order chi connectivity index (χ0) is 19.5. The van der Waals surface area contributed by atoms with Crippen molar-refractivity contribution in [1.82, 2.24) is 4.98 Å². The van der Waals surface area contributed by atoms with E-state index in [0.717, 1.165) is 0 Å². The molecule has 0 radical (unpaired) electrons. The van der Waals surface area contributed by atoms with Crippen LogP contribution in [0.1, 0.15) is 10.4 Å². The van der Waals surface area contributed by atoms with Gasteiger partial charge in [0.1, 0.15) is 17.0 Å². The number of amides is 1. The number of rotatable bonds is 5. The lowest BCUT2D eigenvalue weighted by Crippen LogP contribution is -2.13. The van der Waals surface area contributed by atoms with Crippen LogP contribution in [-0.2, 0) is 0 Å². The summed E-state index contributed by atoms with van der Waals surface area (Å²) >= 11 is 0. The van der Waals surface area contributed by atoms with Crippen LogP contribution >= 0.6 is 0 Å². The Morgan fingerprint density at radius 3 is 2.46 bits per heavy atom. The Morgan fingerprint density at radius 2 is 1.71 bits per heavy atom. The second kappa shape index (κ2) is 7.20. The number of nitro groups is 1. The van der Waals surface area contributed by atoms with Crippen LogP contribution in [0, 0.1) is 10.1 Å². The number of benzene rings is 3. The number of para-hydroxylation sites is 3. The number of ether oxygens (including phenoxy) is 1. The molecule has 28 heavy (non-hydrogen) atoms. The summed E-state index contributed by atoms with van der Waals surface area (Å²) in [4.78, 5) is 27.1. The smallest absolute Gasteiger partial charge is 0.302 e. The predicted molar refractivity (Wildman–Crippen MR) is 102 cm³/mol. The fourth-order valence-corrected chi connectivity index (χ4v) is 2.60. The molecule has 0 aliphatic heterocycles. The van der Waals surface area contributed by atoms with Gasteiger partial charge in [-0.1, -0.05) is 24.3 Å². The van der Waals surface area contributed by atoms with E-state index in [4.69, 9.17) is 9.15 Å². The zero-order valence-corrected chi connectivity index (χ0v) is 14.4. The maximum atomic E-state index is 12.7. The highest BCUT2D eigenvalue weighted by Crippen LogP contribution is 2.28. The Hall–Kier alpha value is -4.20. The van der Waals surface area contributed by atoms with E-state index in [2.05, 4.69) is 10.3 Å². The maximum Gasteiger partial charge on any atom is 0.302 e. The van der Waals surface area contributed by atoms with Gasteiger partial charge in [-0.2, -0.15) is 4.98 Å². The van der Waals surface area contributed by atoms with Crippen molar-refractivity contribution >= 4 is 28.7 Å². The molecule has 1 amide bonds. The number of fused-ring (bicyclic) bond motifs is 1. The third-order valence-corrected chi connectivity index (χ3v) is 3.92. The van der Waals surface area contributed by atoms with Gasteiger partial charge in [0.2, 0.25) is 0 Å². The standard InChI is InChI=1S/C20H13N3O5/c24-19(22-20-21-16-6-2-4-8-18(16)28-20)15-5-1-3-7-17(15)27-14-11-9-13(10-12-14)23(25)26/h1-12H,(H,21,22,24). The van der Waals surface area contributed by atoms with E-state index in [0.29, 0.717) is 22.6 Å². The van der Waals surface area contributed by atoms with Crippen LogP contribution in [0.25, 0.3) is 11.1 Å². The zero-order valence-electron chi connectivity index (χ0n) is 14.4. The van der Waals surface area contributed by atoms with Crippen LogP contribution in [0.5, 0.6) is 11.5 Å². The number of non-ortho nitro benzene ring substituents is 1. The van der Waals surface area contributed by atoms with Crippen molar-refractivity contribution in [3.63, 3.8) is 0 Å². The van der Waals surface area contributed by atoms with Crippen molar-refractivity contribution < 1.29 is 18.9 Å². The first kappa shape index (κ1) is 17.2. The van der Waals surface area contributed by atoms with Crippen molar-refractivity contribution in [3.05, 3.63) is 88.5 Å². The lowest BCUT2D eigenvalue weighted by atomic mass is 10.2. The van der Waals surface area contributed by atoms with Crippen molar-refractivity contribution in [2.45, 2.75) is 0 Å². The van der Waals surface area contributed by atoms with Crippen LogP contribution < -0.4 is 10.1 Å². The molecule has 138 valence electrons. The van der Waals surface area contributed by atoms with Crippen molar-refractivity contribution in [1.29, 1.82) is 0 Å². The van der Waals surface area contributed by atoms with E-state index < -0.39 is 10.8 Å². The summed E-state index contributed by atoms with van der Waals surface area (Å²) in [6, 6.07) is 19.5. The minimum absolute atomic E-state index is 0.0469. The van der Waals surface area contributed by atoms with Crippen molar-refractivity contribution in [3.8, 4) is 11.5 Å². The number of hydrogen-bond donors (Lipinski definition) is 1. The fourth-order valence-electron chi connectivity index (χ4n) is 2.60. The van der Waals surface area contributed by atoms with E-state index in [-0.39, 0.29) is 17.3 Å². The molecule has 1 heterocycles. The Labute approximate surface area is 158 Å². The fraction of sp³-hybridized carbons (Fsp3) is 0. The molecule has 0 aliphatic carbocycles. The van der Waals surface area contributed by atoms with Gasteiger partial charge in [0.15, 0.2) is 5.58 Å². The first-order chi connectivity index (χ1) is 13.6. The van der Waals surface area contributed by atoms with Crippen LogP contribution in [0.2, 0.25) is 0 Å². The molecule has 0 fully saturated rings. The molecule has 4 aromatic rings. The van der Waals surface area contributed by atoms with Crippen molar-refractivity contribution in [2.24, 2.45) is 0 Å². The largest absolute Gasteiger partial charge is 0.457 e. The summed E-state index contributed by atoms with van der Waals surface area (Å²) in [7, 11) is 0. The summed E-state index contributed by atoms with van der Waals surface area (Å²) in [5.41, 5.74) is 1.42. The SMILES string of the molecule is O=C(Nc1nc2ccccc2o1)c1ccccc1Oc1ccc([N+](=O)[O-])cc1. The van der Waals surface area contributed by atoms with Gasteiger partial charge < -0.3 is 9.15 Å². The molecule has 0 bridgehead atoms. The molecule has 0 atom stereocenters. The van der Waals surface area contributed by atoms with Gasteiger partial charge in [-0.3, -0.25) is 20.2 Å². The number of hydrogen-bond acceptors (Lipinski definition) is 6. The summed E-state index contributed by atoms with van der Waals surface area (Å²) in [6.07, 6.45) is 0. The average Bonchev–Trinajstić information content (AvgIpc) is 3.11. The minimum Gasteiger partial charge on any atom is -0.457 e. The van der Waals surface area contributed by atoms with Gasteiger partial charge in [0.05, 0.1) is 10.5 Å². The third-order valence-electron chi connectivity index (χ3n) is 3.92. The second-order valence-electron chi connectivity index (χ2n) is 5.79. The molecule has 8 nitrogen and oxygen atoms in total. The molecule has 1 N–H and O–H groups in total. The summed E-state index contributed by atoms with van der Waals surface area (Å²) in [5, 5.41) is 13.4. The normalized spacial score (nSPS) is 10.6.